The van der Waals surface area contributed by atoms with Crippen LogP contribution in [0.5, 0.6) is 0 Å². The van der Waals surface area contributed by atoms with Gasteiger partial charge in [-0.3, -0.25) is 14.5 Å². The summed E-state index contributed by atoms with van der Waals surface area (Å²) in [5.74, 6) is -1.87. The van der Waals surface area contributed by atoms with E-state index in [1.807, 2.05) is 0 Å². The van der Waals surface area contributed by atoms with Crippen LogP contribution >= 0.6 is 11.7 Å². The first-order valence-electron chi connectivity index (χ1n) is 10.5. The Hall–Kier alpha value is -3.20. The number of amides is 2. The molecule has 0 radical (unpaired) electrons. The van der Waals surface area contributed by atoms with Crippen LogP contribution in [-0.4, -0.2) is 26.6 Å². The highest BCUT2D eigenvalue weighted by Gasteiger charge is 2.35. The molecule has 1 N–H and O–H groups in total. The van der Waals surface area contributed by atoms with Gasteiger partial charge >= 0.3 is 0 Å². The molecule has 1 aliphatic carbocycles. The van der Waals surface area contributed by atoms with E-state index in [2.05, 4.69) is 14.1 Å². The smallest absolute Gasteiger partial charge is 0.280 e. The molecule has 1 heterocycles. The fourth-order valence-corrected chi connectivity index (χ4v) is 4.36. The summed E-state index contributed by atoms with van der Waals surface area (Å²) in [6, 6.07) is 9.64. The number of carbonyl (C=O) groups is 2. The number of carbonyl (C=O) groups excluding carboxylic acids is 2. The van der Waals surface area contributed by atoms with E-state index in [9.17, 15) is 18.4 Å². The summed E-state index contributed by atoms with van der Waals surface area (Å²) in [5, 5.41) is 3.06. The molecule has 32 heavy (non-hydrogen) atoms. The zero-order valence-electron chi connectivity index (χ0n) is 17.2. The van der Waals surface area contributed by atoms with E-state index in [0.29, 0.717) is 11.3 Å². The number of benzene rings is 2. The van der Waals surface area contributed by atoms with Gasteiger partial charge in [0.1, 0.15) is 17.7 Å². The third kappa shape index (κ3) is 4.99. The van der Waals surface area contributed by atoms with Crippen LogP contribution in [0.2, 0.25) is 0 Å². The predicted molar refractivity (Wildman–Crippen MR) is 117 cm³/mol. The Bertz CT molecular complexity index is 1050. The second-order valence-electron chi connectivity index (χ2n) is 7.74. The van der Waals surface area contributed by atoms with Crippen LogP contribution in [0.4, 0.5) is 14.5 Å². The number of hydrogen-bond acceptors (Lipinski definition) is 5. The quantitative estimate of drug-likeness (QED) is 0.586. The van der Waals surface area contributed by atoms with Gasteiger partial charge < -0.3 is 5.32 Å². The fraction of sp³-hybridized carbons (Fsp3) is 0.304. The predicted octanol–water partition coefficient (Wildman–Crippen LogP) is 4.65. The number of aromatic nitrogens is 2. The molecule has 6 nitrogen and oxygen atoms in total. The lowest BCUT2D eigenvalue weighted by Crippen LogP contribution is -2.47. The Morgan fingerprint density at radius 2 is 1.59 bits per heavy atom. The molecule has 0 saturated heterocycles. The van der Waals surface area contributed by atoms with Gasteiger partial charge in [0.15, 0.2) is 5.69 Å². The monoisotopic (exact) mass is 456 g/mol. The molecular formula is C23H22F2N4O2S. The number of nitrogens with one attached hydrogen (secondary N) is 1. The molecule has 0 spiro atoms. The van der Waals surface area contributed by atoms with Crippen LogP contribution < -0.4 is 10.2 Å². The molecule has 0 unspecified atom stereocenters. The van der Waals surface area contributed by atoms with Gasteiger partial charge in [-0.2, -0.15) is 8.75 Å². The first-order valence-corrected chi connectivity index (χ1v) is 11.2. The van der Waals surface area contributed by atoms with Crippen LogP contribution in [0.3, 0.4) is 0 Å². The van der Waals surface area contributed by atoms with Gasteiger partial charge in [0, 0.05) is 11.7 Å². The summed E-state index contributed by atoms with van der Waals surface area (Å²) in [5.41, 5.74) is 0.815. The SMILES string of the molecule is O=C(NC1CCCCC1)[C@H](c1ccc(F)cc1)N(C(=O)c1cnsn1)c1ccc(F)cc1. The lowest BCUT2D eigenvalue weighted by Gasteiger charge is -2.33. The van der Waals surface area contributed by atoms with Gasteiger partial charge in [0.25, 0.3) is 5.91 Å². The van der Waals surface area contributed by atoms with Crippen molar-refractivity contribution < 1.29 is 18.4 Å². The third-order valence-electron chi connectivity index (χ3n) is 5.55. The van der Waals surface area contributed by atoms with Gasteiger partial charge in [-0.15, -0.1) is 0 Å². The summed E-state index contributed by atoms with van der Waals surface area (Å²) in [4.78, 5) is 28.3. The minimum absolute atomic E-state index is 0.00491. The van der Waals surface area contributed by atoms with E-state index < -0.39 is 23.6 Å². The molecule has 1 saturated carbocycles. The molecule has 1 aromatic heterocycles. The fourth-order valence-electron chi connectivity index (χ4n) is 3.96. The van der Waals surface area contributed by atoms with Crippen molar-refractivity contribution in [3.05, 3.63) is 77.6 Å². The summed E-state index contributed by atoms with van der Waals surface area (Å²) in [7, 11) is 0. The number of halogens is 2. The highest BCUT2D eigenvalue weighted by Crippen LogP contribution is 2.31. The summed E-state index contributed by atoms with van der Waals surface area (Å²) in [6.07, 6.45) is 6.23. The Morgan fingerprint density at radius 1 is 0.969 bits per heavy atom. The molecule has 9 heteroatoms. The molecule has 3 aromatic rings. The highest BCUT2D eigenvalue weighted by atomic mass is 32.1. The number of rotatable bonds is 6. The van der Waals surface area contributed by atoms with Crippen molar-refractivity contribution in [1.29, 1.82) is 0 Å². The largest absolute Gasteiger partial charge is 0.351 e. The number of anilines is 1. The minimum atomic E-state index is -1.10. The molecule has 0 aliphatic heterocycles. The summed E-state index contributed by atoms with van der Waals surface area (Å²) >= 11 is 0.872. The second kappa shape index (κ2) is 9.95. The lowest BCUT2D eigenvalue weighted by atomic mass is 9.94. The molecule has 1 aliphatic rings. The van der Waals surface area contributed by atoms with Crippen LogP contribution in [-0.2, 0) is 4.79 Å². The molecule has 2 aromatic carbocycles. The first kappa shape index (κ1) is 22.0. The Labute approximate surface area is 188 Å². The van der Waals surface area contributed by atoms with Gasteiger partial charge in [-0.25, -0.2) is 8.78 Å². The van der Waals surface area contributed by atoms with Crippen molar-refractivity contribution in [3.8, 4) is 0 Å². The topological polar surface area (TPSA) is 75.2 Å². The van der Waals surface area contributed by atoms with E-state index in [0.717, 1.165) is 43.8 Å². The van der Waals surface area contributed by atoms with Crippen molar-refractivity contribution in [1.82, 2.24) is 14.1 Å². The molecular weight excluding hydrogens is 434 g/mol. The number of hydrogen-bond donors (Lipinski definition) is 1. The number of nitrogens with zero attached hydrogens (tertiary/aromatic N) is 3. The lowest BCUT2D eigenvalue weighted by molar-refractivity contribution is -0.123. The molecule has 0 bridgehead atoms. The van der Waals surface area contributed by atoms with E-state index in [4.69, 9.17) is 0 Å². The third-order valence-corrected chi connectivity index (χ3v) is 6.03. The summed E-state index contributed by atoms with van der Waals surface area (Å²) < 4.78 is 35.2. The van der Waals surface area contributed by atoms with Crippen LogP contribution in [0.25, 0.3) is 0 Å². The van der Waals surface area contributed by atoms with E-state index >= 15 is 0 Å². The zero-order chi connectivity index (χ0) is 22.5. The molecule has 166 valence electrons. The average molecular weight is 457 g/mol. The summed E-state index contributed by atoms with van der Waals surface area (Å²) in [6.45, 7) is 0. The Balaban J connectivity index is 1.77. The standard InChI is InChI=1S/C23H22F2N4O2S/c24-16-8-6-15(7-9-16)21(22(30)27-18-4-2-1-3-5-18)29(19-12-10-17(25)11-13-19)23(31)20-14-26-32-28-20/h6-14,18,21H,1-5H2,(H,27,30)/t21-/m0/s1. The van der Waals surface area contributed by atoms with Gasteiger partial charge in [0.2, 0.25) is 5.91 Å². The van der Waals surface area contributed by atoms with E-state index in [-0.39, 0.29) is 17.6 Å². The Morgan fingerprint density at radius 3 is 2.19 bits per heavy atom. The van der Waals surface area contributed by atoms with E-state index in [1.54, 1.807) is 0 Å². The molecule has 1 fully saturated rings. The zero-order valence-corrected chi connectivity index (χ0v) is 18.0. The maximum absolute atomic E-state index is 13.6. The van der Waals surface area contributed by atoms with Gasteiger partial charge in [-0.05, 0) is 54.8 Å². The molecule has 2 amide bonds. The molecule has 1 atom stereocenters. The van der Waals surface area contributed by atoms with Gasteiger partial charge in [0.05, 0.1) is 17.9 Å². The average Bonchev–Trinajstić information content (AvgIpc) is 3.34. The Kier molecular flexibility index (Phi) is 6.84. The first-order chi connectivity index (χ1) is 15.5. The van der Waals surface area contributed by atoms with Gasteiger partial charge in [-0.1, -0.05) is 31.4 Å². The normalized spacial score (nSPS) is 15.2. The maximum atomic E-state index is 13.6. The maximum Gasteiger partial charge on any atom is 0.280 e. The van der Waals surface area contributed by atoms with Crippen LogP contribution in [0.1, 0.15) is 54.2 Å². The second-order valence-corrected chi connectivity index (χ2v) is 8.30. The van der Waals surface area contributed by atoms with Crippen molar-refractivity contribution >= 4 is 29.2 Å². The molecule has 4 rings (SSSR count). The van der Waals surface area contributed by atoms with Crippen LogP contribution in [0, 0.1) is 11.6 Å². The van der Waals surface area contributed by atoms with Crippen molar-refractivity contribution in [3.63, 3.8) is 0 Å². The van der Waals surface area contributed by atoms with E-state index in [1.165, 1.54) is 59.6 Å². The van der Waals surface area contributed by atoms with Crippen molar-refractivity contribution in [2.45, 2.75) is 44.2 Å². The highest BCUT2D eigenvalue weighted by molar-refractivity contribution is 6.99. The van der Waals surface area contributed by atoms with Crippen LogP contribution in [0.15, 0.2) is 54.7 Å². The minimum Gasteiger partial charge on any atom is -0.351 e. The van der Waals surface area contributed by atoms with Crippen molar-refractivity contribution in [2.24, 2.45) is 0 Å². The van der Waals surface area contributed by atoms with Crippen molar-refractivity contribution in [2.75, 3.05) is 4.90 Å².